The maximum atomic E-state index is 11.7. The molecule has 0 aliphatic rings. The van der Waals surface area contributed by atoms with Crippen molar-refractivity contribution in [3.8, 4) is 0 Å². The van der Waals surface area contributed by atoms with Gasteiger partial charge in [-0.15, -0.1) is 0 Å². The van der Waals surface area contributed by atoms with Crippen LogP contribution in [-0.2, 0) is 4.79 Å². The molecule has 1 aromatic carbocycles. The van der Waals surface area contributed by atoms with Crippen LogP contribution in [0.15, 0.2) is 41.5 Å². The number of hydrogen-bond donors (Lipinski definition) is 2. The molecule has 0 saturated heterocycles. The van der Waals surface area contributed by atoms with Crippen molar-refractivity contribution in [3.05, 3.63) is 42.0 Å². The molecule has 4 nitrogen and oxygen atoms in total. The molecule has 0 atom stereocenters. The van der Waals surface area contributed by atoms with Crippen LogP contribution in [-0.4, -0.2) is 22.8 Å². The fourth-order valence-corrected chi connectivity index (χ4v) is 1.53. The van der Waals surface area contributed by atoms with Crippen LogP contribution in [0.3, 0.4) is 0 Å². The monoisotopic (exact) mass is 260 g/mol. The normalized spacial score (nSPS) is 12.2. The Bertz CT molecular complexity index is 448. The topological polar surface area (TPSA) is 61.7 Å². The average molecular weight is 260 g/mol. The first-order chi connectivity index (χ1) is 9.12. The number of amides is 1. The highest BCUT2D eigenvalue weighted by Gasteiger charge is 2.31. The zero-order valence-corrected chi connectivity index (χ0v) is 11.3. The summed E-state index contributed by atoms with van der Waals surface area (Å²) in [4.78, 5) is 11.7. The number of aliphatic hydroxyl groups is 1. The zero-order chi connectivity index (χ0) is 14.1. The van der Waals surface area contributed by atoms with Crippen LogP contribution in [0.4, 0.5) is 0 Å². The van der Waals surface area contributed by atoms with Crippen LogP contribution < -0.4 is 5.43 Å². The molecule has 0 spiro atoms. The predicted molar refractivity (Wildman–Crippen MR) is 77.6 cm³/mol. The molecule has 0 unspecified atom stereocenters. The minimum Gasteiger partial charge on any atom is -0.380 e. The van der Waals surface area contributed by atoms with E-state index in [-0.39, 0.29) is 0 Å². The number of nitrogens with one attached hydrogen (secondary N) is 1. The Balaban J connectivity index is 2.47. The SMILES string of the molecule is CCC(O)(CC)C(=O)N/N=C/C=C/c1ccccc1. The molecule has 0 heterocycles. The zero-order valence-electron chi connectivity index (χ0n) is 11.3. The van der Waals surface area contributed by atoms with E-state index in [0.29, 0.717) is 12.8 Å². The van der Waals surface area contributed by atoms with Crippen molar-refractivity contribution in [1.29, 1.82) is 0 Å². The van der Waals surface area contributed by atoms with E-state index in [0.717, 1.165) is 5.56 Å². The van der Waals surface area contributed by atoms with Crippen molar-refractivity contribution in [2.45, 2.75) is 32.3 Å². The van der Waals surface area contributed by atoms with E-state index in [1.807, 2.05) is 36.4 Å². The average Bonchev–Trinajstić information content (AvgIpc) is 2.47. The van der Waals surface area contributed by atoms with Gasteiger partial charge in [-0.1, -0.05) is 50.3 Å². The molecule has 0 aromatic heterocycles. The maximum absolute atomic E-state index is 11.7. The summed E-state index contributed by atoms with van der Waals surface area (Å²) in [5, 5.41) is 13.7. The van der Waals surface area contributed by atoms with Gasteiger partial charge in [-0.3, -0.25) is 4.79 Å². The fraction of sp³-hybridized carbons (Fsp3) is 0.333. The summed E-state index contributed by atoms with van der Waals surface area (Å²) in [5.74, 6) is -0.470. The quantitative estimate of drug-likeness (QED) is 0.609. The summed E-state index contributed by atoms with van der Waals surface area (Å²) < 4.78 is 0. The van der Waals surface area contributed by atoms with Crippen LogP contribution in [0, 0.1) is 0 Å². The van der Waals surface area contributed by atoms with E-state index in [2.05, 4.69) is 10.5 Å². The number of rotatable bonds is 6. The molecule has 0 aliphatic carbocycles. The number of carbonyl (C=O) groups excluding carboxylic acids is 1. The van der Waals surface area contributed by atoms with Gasteiger partial charge in [0.15, 0.2) is 0 Å². The van der Waals surface area contributed by atoms with Crippen molar-refractivity contribution in [2.75, 3.05) is 0 Å². The highest BCUT2D eigenvalue weighted by Crippen LogP contribution is 2.14. The first kappa shape index (κ1) is 15.1. The fourth-order valence-electron chi connectivity index (χ4n) is 1.53. The van der Waals surface area contributed by atoms with E-state index in [1.54, 1.807) is 19.9 Å². The second-order valence-corrected chi connectivity index (χ2v) is 4.23. The lowest BCUT2D eigenvalue weighted by molar-refractivity contribution is -0.140. The third kappa shape index (κ3) is 4.67. The highest BCUT2D eigenvalue weighted by atomic mass is 16.3. The number of allylic oxidation sites excluding steroid dienone is 1. The molecule has 0 aliphatic heterocycles. The lowest BCUT2D eigenvalue weighted by atomic mass is 9.97. The number of nitrogens with zero attached hydrogens (tertiary/aromatic N) is 1. The Morgan fingerprint density at radius 3 is 2.53 bits per heavy atom. The van der Waals surface area contributed by atoms with Gasteiger partial charge in [-0.05, 0) is 24.5 Å². The molecule has 1 amide bonds. The second kappa shape index (κ2) is 7.48. The third-order valence-corrected chi connectivity index (χ3v) is 3.01. The van der Waals surface area contributed by atoms with Crippen LogP contribution in [0.1, 0.15) is 32.3 Å². The largest absolute Gasteiger partial charge is 0.380 e. The van der Waals surface area contributed by atoms with Gasteiger partial charge < -0.3 is 5.11 Å². The van der Waals surface area contributed by atoms with Crippen LogP contribution in [0.25, 0.3) is 6.08 Å². The highest BCUT2D eigenvalue weighted by molar-refractivity contribution is 5.86. The maximum Gasteiger partial charge on any atom is 0.271 e. The Labute approximate surface area is 113 Å². The summed E-state index contributed by atoms with van der Waals surface area (Å²) in [7, 11) is 0. The molecule has 0 saturated carbocycles. The van der Waals surface area contributed by atoms with E-state index in [1.165, 1.54) is 6.21 Å². The van der Waals surface area contributed by atoms with Crippen LogP contribution in [0.2, 0.25) is 0 Å². The second-order valence-electron chi connectivity index (χ2n) is 4.23. The van der Waals surface area contributed by atoms with Crippen LogP contribution >= 0.6 is 0 Å². The predicted octanol–water partition coefficient (Wildman–Crippen LogP) is 2.35. The standard InChI is InChI=1S/C15H20N2O2/c1-3-15(19,4-2)14(18)17-16-12-8-11-13-9-6-5-7-10-13/h5-12,19H,3-4H2,1-2H3,(H,17,18)/b11-8+,16-12+. The molecule has 0 fully saturated rings. The number of benzene rings is 1. The summed E-state index contributed by atoms with van der Waals surface area (Å²) in [6, 6.07) is 9.77. The van der Waals surface area contributed by atoms with Gasteiger partial charge in [0.05, 0.1) is 0 Å². The number of hydrogen-bond acceptors (Lipinski definition) is 3. The molecule has 4 heteroatoms. The van der Waals surface area contributed by atoms with Gasteiger partial charge in [0.2, 0.25) is 0 Å². The van der Waals surface area contributed by atoms with E-state index in [9.17, 15) is 9.90 Å². The summed E-state index contributed by atoms with van der Waals surface area (Å²) in [6.07, 6.45) is 5.82. The lowest BCUT2D eigenvalue weighted by Gasteiger charge is -2.21. The minimum absolute atomic E-state index is 0.366. The molecular formula is C15H20N2O2. The minimum atomic E-state index is -1.33. The van der Waals surface area contributed by atoms with Gasteiger partial charge >= 0.3 is 0 Å². The number of hydrazone groups is 1. The van der Waals surface area contributed by atoms with Crippen molar-refractivity contribution in [1.82, 2.24) is 5.43 Å². The van der Waals surface area contributed by atoms with Crippen LogP contribution in [0.5, 0.6) is 0 Å². The van der Waals surface area contributed by atoms with Gasteiger partial charge in [-0.2, -0.15) is 5.10 Å². The lowest BCUT2D eigenvalue weighted by Crippen LogP contribution is -2.44. The Kier molecular flexibility index (Phi) is 5.96. The van der Waals surface area contributed by atoms with Crippen molar-refractivity contribution in [3.63, 3.8) is 0 Å². The number of carbonyl (C=O) groups is 1. The third-order valence-electron chi connectivity index (χ3n) is 3.01. The molecule has 19 heavy (non-hydrogen) atoms. The molecular weight excluding hydrogens is 240 g/mol. The van der Waals surface area contributed by atoms with E-state index < -0.39 is 11.5 Å². The van der Waals surface area contributed by atoms with Crippen molar-refractivity contribution in [2.24, 2.45) is 5.10 Å². The Morgan fingerprint density at radius 2 is 1.95 bits per heavy atom. The first-order valence-electron chi connectivity index (χ1n) is 6.40. The van der Waals surface area contributed by atoms with Gasteiger partial charge in [0.1, 0.15) is 5.60 Å². The molecule has 102 valence electrons. The smallest absolute Gasteiger partial charge is 0.271 e. The summed E-state index contributed by atoms with van der Waals surface area (Å²) >= 11 is 0. The molecule has 2 N–H and O–H groups in total. The molecule has 1 aromatic rings. The Morgan fingerprint density at radius 1 is 1.32 bits per heavy atom. The summed E-state index contributed by atoms with van der Waals surface area (Å²) in [6.45, 7) is 3.53. The molecule has 0 radical (unpaired) electrons. The molecule has 0 bridgehead atoms. The van der Waals surface area contributed by atoms with E-state index >= 15 is 0 Å². The van der Waals surface area contributed by atoms with Gasteiger partial charge in [0.25, 0.3) is 5.91 Å². The Hall–Kier alpha value is -1.94. The van der Waals surface area contributed by atoms with Gasteiger partial charge in [-0.25, -0.2) is 5.43 Å². The van der Waals surface area contributed by atoms with Crippen molar-refractivity contribution < 1.29 is 9.90 Å². The summed E-state index contributed by atoms with van der Waals surface area (Å²) in [5.41, 5.74) is 2.06. The van der Waals surface area contributed by atoms with Gasteiger partial charge in [0, 0.05) is 6.21 Å². The first-order valence-corrected chi connectivity index (χ1v) is 6.40. The molecule has 1 rings (SSSR count). The van der Waals surface area contributed by atoms with E-state index in [4.69, 9.17) is 0 Å². The van der Waals surface area contributed by atoms with Crippen molar-refractivity contribution >= 4 is 18.2 Å².